The van der Waals surface area contributed by atoms with E-state index in [0.29, 0.717) is 6.04 Å². The van der Waals surface area contributed by atoms with Crippen LogP contribution < -0.4 is 5.32 Å². The monoisotopic (exact) mass is 312 g/mol. The van der Waals surface area contributed by atoms with Gasteiger partial charge in [-0.1, -0.05) is 18.9 Å². The first kappa shape index (κ1) is 15.2. The maximum atomic E-state index is 13.1. The molecule has 1 aromatic carbocycles. The molecule has 2 fully saturated rings. The molecule has 1 N–H and O–H groups in total. The highest BCUT2D eigenvalue weighted by Crippen LogP contribution is 2.36. The van der Waals surface area contributed by atoms with Gasteiger partial charge in [0.15, 0.2) is 0 Å². The van der Waals surface area contributed by atoms with Crippen molar-refractivity contribution in [3.05, 3.63) is 34.9 Å². The van der Waals surface area contributed by atoms with E-state index in [-0.39, 0.29) is 5.91 Å². The molecule has 1 aliphatic carbocycles. The Morgan fingerprint density at radius 3 is 2.70 bits per heavy atom. The fraction of sp³-hybridized carbons (Fsp3) is 0.650. The number of amides is 1. The molecule has 2 heterocycles. The molecule has 1 aromatic rings. The van der Waals surface area contributed by atoms with Crippen molar-refractivity contribution in [2.24, 2.45) is 5.92 Å². The van der Waals surface area contributed by atoms with Crippen LogP contribution in [-0.4, -0.2) is 36.5 Å². The van der Waals surface area contributed by atoms with Crippen molar-refractivity contribution in [3.8, 4) is 0 Å². The highest BCUT2D eigenvalue weighted by molar-refractivity contribution is 5.94. The van der Waals surface area contributed by atoms with Crippen LogP contribution in [0.3, 0.4) is 0 Å². The van der Waals surface area contributed by atoms with Gasteiger partial charge in [-0.25, -0.2) is 0 Å². The summed E-state index contributed by atoms with van der Waals surface area (Å²) in [5.41, 5.74) is 3.70. The molecule has 3 heteroatoms. The topological polar surface area (TPSA) is 32.3 Å². The zero-order valence-electron chi connectivity index (χ0n) is 14.0. The molecular formula is C20H28N2O. The summed E-state index contributed by atoms with van der Waals surface area (Å²) in [6.45, 7) is 3.04. The molecule has 0 spiro atoms. The first-order valence-corrected chi connectivity index (χ1v) is 9.46. The van der Waals surface area contributed by atoms with Crippen molar-refractivity contribution in [2.75, 3.05) is 19.6 Å². The van der Waals surface area contributed by atoms with Crippen molar-refractivity contribution in [1.82, 2.24) is 10.2 Å². The van der Waals surface area contributed by atoms with E-state index < -0.39 is 0 Å². The van der Waals surface area contributed by atoms with Crippen LogP contribution in [0.2, 0.25) is 0 Å². The smallest absolute Gasteiger partial charge is 0.254 e. The molecule has 4 rings (SSSR count). The van der Waals surface area contributed by atoms with Crippen LogP contribution in [0.15, 0.2) is 18.2 Å². The average molecular weight is 312 g/mol. The van der Waals surface area contributed by atoms with Crippen LogP contribution >= 0.6 is 0 Å². The summed E-state index contributed by atoms with van der Waals surface area (Å²) in [5, 5.41) is 3.45. The Bertz CT molecular complexity index is 581. The second-order valence-corrected chi connectivity index (χ2v) is 7.49. The molecule has 0 bridgehead atoms. The van der Waals surface area contributed by atoms with Crippen LogP contribution in [0.25, 0.3) is 0 Å². The van der Waals surface area contributed by atoms with Gasteiger partial charge in [-0.3, -0.25) is 4.79 Å². The number of benzene rings is 1. The molecule has 124 valence electrons. The second-order valence-electron chi connectivity index (χ2n) is 7.49. The van der Waals surface area contributed by atoms with Crippen molar-refractivity contribution < 1.29 is 4.79 Å². The van der Waals surface area contributed by atoms with Crippen LogP contribution in [0.5, 0.6) is 0 Å². The Morgan fingerprint density at radius 1 is 1.00 bits per heavy atom. The van der Waals surface area contributed by atoms with E-state index in [1.54, 1.807) is 0 Å². The second kappa shape index (κ2) is 6.64. The highest BCUT2D eigenvalue weighted by Gasteiger charge is 2.36. The molecule has 0 radical (unpaired) electrons. The van der Waals surface area contributed by atoms with E-state index >= 15 is 0 Å². The van der Waals surface area contributed by atoms with Gasteiger partial charge in [-0.05, 0) is 80.8 Å². The fourth-order valence-electron chi connectivity index (χ4n) is 4.85. The quantitative estimate of drug-likeness (QED) is 0.864. The minimum atomic E-state index is 0.279. The number of likely N-dealkylation sites (tertiary alicyclic amines) is 1. The average Bonchev–Trinajstić information content (AvgIpc) is 2.85. The normalized spacial score (nSPS) is 27.7. The third kappa shape index (κ3) is 3.03. The number of piperidine rings is 1. The SMILES string of the molecule is O=C(c1ccc2c(c1)CCNCC2)N1CCCC2CCCCC21. The number of nitrogens with one attached hydrogen (secondary N) is 1. The summed E-state index contributed by atoms with van der Waals surface area (Å²) in [6.07, 6.45) is 9.82. The van der Waals surface area contributed by atoms with Crippen LogP contribution in [0.4, 0.5) is 0 Å². The molecule has 2 unspecified atom stereocenters. The summed E-state index contributed by atoms with van der Waals surface area (Å²) in [6, 6.07) is 6.94. The van der Waals surface area contributed by atoms with Gasteiger partial charge in [0.2, 0.25) is 0 Å². The molecule has 2 atom stereocenters. The Kier molecular flexibility index (Phi) is 4.39. The number of hydrogen-bond donors (Lipinski definition) is 1. The third-order valence-electron chi connectivity index (χ3n) is 6.10. The van der Waals surface area contributed by atoms with Gasteiger partial charge in [0, 0.05) is 18.2 Å². The zero-order chi connectivity index (χ0) is 15.6. The standard InChI is InChI=1S/C20H28N2O/c23-20(22-13-3-5-16-4-1-2-6-19(16)22)18-8-7-15-9-11-21-12-10-17(15)14-18/h7-8,14,16,19,21H,1-6,9-13H2. The number of hydrogen-bond acceptors (Lipinski definition) is 2. The Morgan fingerprint density at radius 2 is 1.78 bits per heavy atom. The lowest BCUT2D eigenvalue weighted by atomic mass is 9.78. The van der Waals surface area contributed by atoms with Crippen LogP contribution in [0, 0.1) is 5.92 Å². The van der Waals surface area contributed by atoms with E-state index in [0.717, 1.165) is 44.0 Å². The molecule has 23 heavy (non-hydrogen) atoms. The first-order chi connectivity index (χ1) is 11.3. The van der Waals surface area contributed by atoms with Crippen molar-refractivity contribution in [2.45, 2.75) is 57.4 Å². The maximum Gasteiger partial charge on any atom is 0.254 e. The summed E-state index contributed by atoms with van der Waals surface area (Å²) >= 11 is 0. The van der Waals surface area contributed by atoms with E-state index in [1.165, 1.54) is 49.7 Å². The molecular weight excluding hydrogens is 284 g/mol. The number of carbonyl (C=O) groups is 1. The predicted molar refractivity (Wildman–Crippen MR) is 92.7 cm³/mol. The lowest BCUT2D eigenvalue weighted by Gasteiger charge is -2.44. The summed E-state index contributed by atoms with van der Waals surface area (Å²) in [7, 11) is 0. The van der Waals surface area contributed by atoms with Gasteiger partial charge in [0.1, 0.15) is 0 Å². The van der Waals surface area contributed by atoms with Crippen LogP contribution in [-0.2, 0) is 12.8 Å². The lowest BCUT2D eigenvalue weighted by molar-refractivity contribution is 0.0390. The zero-order valence-corrected chi connectivity index (χ0v) is 14.0. The van der Waals surface area contributed by atoms with E-state index in [1.807, 2.05) is 0 Å². The highest BCUT2D eigenvalue weighted by atomic mass is 16.2. The Labute approximate surface area is 139 Å². The van der Waals surface area contributed by atoms with E-state index in [2.05, 4.69) is 28.4 Å². The third-order valence-corrected chi connectivity index (χ3v) is 6.10. The summed E-state index contributed by atoms with van der Waals surface area (Å²) in [4.78, 5) is 15.3. The summed E-state index contributed by atoms with van der Waals surface area (Å²) < 4.78 is 0. The van der Waals surface area contributed by atoms with Crippen LogP contribution in [0.1, 0.15) is 60.0 Å². The molecule has 3 nitrogen and oxygen atoms in total. The van der Waals surface area contributed by atoms with Gasteiger partial charge >= 0.3 is 0 Å². The largest absolute Gasteiger partial charge is 0.335 e. The molecule has 2 aliphatic heterocycles. The number of fused-ring (bicyclic) bond motifs is 2. The summed E-state index contributed by atoms with van der Waals surface area (Å²) in [5.74, 6) is 1.04. The minimum Gasteiger partial charge on any atom is -0.335 e. The molecule has 1 saturated heterocycles. The van der Waals surface area contributed by atoms with Gasteiger partial charge in [-0.15, -0.1) is 0 Å². The van der Waals surface area contributed by atoms with Gasteiger partial charge in [0.05, 0.1) is 0 Å². The minimum absolute atomic E-state index is 0.279. The molecule has 0 aromatic heterocycles. The van der Waals surface area contributed by atoms with E-state index in [4.69, 9.17) is 0 Å². The molecule has 1 amide bonds. The van der Waals surface area contributed by atoms with Gasteiger partial charge in [0.25, 0.3) is 5.91 Å². The predicted octanol–water partition coefficient (Wildman–Crippen LogP) is 3.17. The molecule has 3 aliphatic rings. The number of nitrogens with zero attached hydrogens (tertiary/aromatic N) is 1. The fourth-order valence-corrected chi connectivity index (χ4v) is 4.85. The van der Waals surface area contributed by atoms with Crippen molar-refractivity contribution in [3.63, 3.8) is 0 Å². The van der Waals surface area contributed by atoms with Crippen molar-refractivity contribution >= 4 is 5.91 Å². The lowest BCUT2D eigenvalue weighted by Crippen LogP contribution is -2.49. The maximum absolute atomic E-state index is 13.1. The van der Waals surface area contributed by atoms with Gasteiger partial charge in [-0.2, -0.15) is 0 Å². The van der Waals surface area contributed by atoms with E-state index in [9.17, 15) is 4.79 Å². The first-order valence-electron chi connectivity index (χ1n) is 9.46. The number of carbonyl (C=O) groups excluding carboxylic acids is 1. The Hall–Kier alpha value is -1.35. The Balaban J connectivity index is 1.57. The number of rotatable bonds is 1. The molecule has 1 saturated carbocycles. The van der Waals surface area contributed by atoms with Crippen molar-refractivity contribution in [1.29, 1.82) is 0 Å². The van der Waals surface area contributed by atoms with Gasteiger partial charge < -0.3 is 10.2 Å².